The Morgan fingerprint density at radius 1 is 1.20 bits per heavy atom. The zero-order valence-corrected chi connectivity index (χ0v) is 20.5. The first-order chi connectivity index (χ1) is 16.7. The summed E-state index contributed by atoms with van der Waals surface area (Å²) in [5.41, 5.74) is 1.52. The van der Waals surface area contributed by atoms with Crippen LogP contribution in [0, 0.1) is 18.8 Å². The molecule has 190 valence electrons. The molecular weight excluding hydrogens is 455 g/mol. The van der Waals surface area contributed by atoms with E-state index in [-0.39, 0.29) is 24.3 Å². The SMILES string of the molecule is Cc1nc(-c2c(F)nn(C)c2COC(=O)N(C)C2CCCC2)ccc1O[C@H]1CCC[C@H](C(=O)O)C1. The molecule has 2 aromatic rings. The van der Waals surface area contributed by atoms with Crippen molar-refractivity contribution in [1.29, 1.82) is 0 Å². The maximum atomic E-state index is 14.8. The number of hydrogen-bond acceptors (Lipinski definition) is 6. The lowest BCUT2D eigenvalue weighted by atomic mass is 9.87. The third kappa shape index (κ3) is 5.57. The minimum absolute atomic E-state index is 0.129. The van der Waals surface area contributed by atoms with Crippen LogP contribution in [0.15, 0.2) is 12.1 Å². The second-order valence-corrected chi connectivity index (χ2v) is 9.56. The number of aryl methyl sites for hydroxylation is 2. The molecule has 4 rings (SSSR count). The fourth-order valence-corrected chi connectivity index (χ4v) is 5.08. The number of hydrogen-bond donors (Lipinski definition) is 1. The Balaban J connectivity index is 1.47. The van der Waals surface area contributed by atoms with Crippen LogP contribution in [-0.2, 0) is 23.2 Å². The lowest BCUT2D eigenvalue weighted by Crippen LogP contribution is -2.35. The number of carbonyl (C=O) groups is 2. The molecule has 2 atom stereocenters. The summed E-state index contributed by atoms with van der Waals surface area (Å²) in [4.78, 5) is 30.0. The number of ether oxygens (including phenoxy) is 2. The molecular formula is C25H33FN4O5. The number of amides is 1. The minimum Gasteiger partial charge on any atom is -0.489 e. The lowest BCUT2D eigenvalue weighted by molar-refractivity contribution is -0.143. The van der Waals surface area contributed by atoms with Gasteiger partial charge in [0.25, 0.3) is 0 Å². The predicted molar refractivity (Wildman–Crippen MR) is 125 cm³/mol. The zero-order valence-electron chi connectivity index (χ0n) is 20.5. The van der Waals surface area contributed by atoms with Crippen molar-refractivity contribution >= 4 is 12.1 Å². The van der Waals surface area contributed by atoms with E-state index in [1.165, 1.54) is 4.68 Å². The fourth-order valence-electron chi connectivity index (χ4n) is 5.08. The van der Waals surface area contributed by atoms with Crippen molar-refractivity contribution in [3.05, 3.63) is 29.5 Å². The summed E-state index contributed by atoms with van der Waals surface area (Å²) in [5.74, 6) is -1.35. The Hall–Kier alpha value is -3.17. The van der Waals surface area contributed by atoms with Crippen molar-refractivity contribution in [2.45, 2.75) is 77.0 Å². The normalized spacial score (nSPS) is 20.6. The highest BCUT2D eigenvalue weighted by Crippen LogP contribution is 2.32. The van der Waals surface area contributed by atoms with Gasteiger partial charge in [-0.3, -0.25) is 9.48 Å². The molecule has 2 aliphatic rings. The number of carboxylic acids is 1. The van der Waals surface area contributed by atoms with E-state index in [9.17, 15) is 19.1 Å². The van der Waals surface area contributed by atoms with Crippen LogP contribution in [0.1, 0.15) is 62.8 Å². The van der Waals surface area contributed by atoms with Gasteiger partial charge in [0, 0.05) is 20.1 Å². The van der Waals surface area contributed by atoms with Crippen molar-refractivity contribution in [2.75, 3.05) is 7.05 Å². The summed E-state index contributed by atoms with van der Waals surface area (Å²) in [6.45, 7) is 1.64. The molecule has 2 saturated carbocycles. The average Bonchev–Trinajstić information content (AvgIpc) is 3.46. The number of halogens is 1. The highest BCUT2D eigenvalue weighted by atomic mass is 19.1. The van der Waals surface area contributed by atoms with Gasteiger partial charge in [0.15, 0.2) is 0 Å². The van der Waals surface area contributed by atoms with Gasteiger partial charge in [-0.15, -0.1) is 5.10 Å². The first-order valence-electron chi connectivity index (χ1n) is 12.2. The van der Waals surface area contributed by atoms with E-state index in [4.69, 9.17) is 9.47 Å². The van der Waals surface area contributed by atoms with E-state index in [1.54, 1.807) is 38.1 Å². The van der Waals surface area contributed by atoms with Crippen molar-refractivity contribution in [1.82, 2.24) is 19.7 Å². The quantitative estimate of drug-likeness (QED) is 0.613. The van der Waals surface area contributed by atoms with Gasteiger partial charge in [-0.25, -0.2) is 9.78 Å². The van der Waals surface area contributed by atoms with Gasteiger partial charge >= 0.3 is 12.1 Å². The maximum Gasteiger partial charge on any atom is 0.410 e. The second kappa shape index (κ2) is 10.6. The van der Waals surface area contributed by atoms with Crippen LogP contribution in [0.2, 0.25) is 0 Å². The average molecular weight is 489 g/mol. The Morgan fingerprint density at radius 2 is 1.94 bits per heavy atom. The minimum atomic E-state index is -0.793. The molecule has 0 unspecified atom stereocenters. The number of pyridine rings is 1. The number of carboxylic acid groups (broad SMARTS) is 1. The van der Waals surface area contributed by atoms with Gasteiger partial charge in [-0.05, 0) is 57.6 Å². The third-order valence-electron chi connectivity index (χ3n) is 7.18. The van der Waals surface area contributed by atoms with E-state index in [0.717, 1.165) is 38.5 Å². The van der Waals surface area contributed by atoms with Crippen LogP contribution >= 0.6 is 0 Å². The number of aromatic nitrogens is 3. The standard InChI is InChI=1S/C25H33FN4O5/c1-15-21(35-18-10-6-7-16(13-18)24(31)32)12-11-19(27-15)22-20(30(3)28-23(22)26)14-34-25(33)29(2)17-8-4-5-9-17/h11-12,16-18H,4-10,13-14H2,1-3H3,(H,31,32)/t16-,18-/m0/s1. The zero-order chi connectivity index (χ0) is 25.1. The highest BCUT2D eigenvalue weighted by molar-refractivity contribution is 5.70. The molecule has 2 aliphatic carbocycles. The van der Waals surface area contributed by atoms with Gasteiger partial charge in [-0.1, -0.05) is 12.8 Å². The van der Waals surface area contributed by atoms with Gasteiger partial charge in [-0.2, -0.15) is 4.39 Å². The van der Waals surface area contributed by atoms with E-state index >= 15 is 0 Å². The van der Waals surface area contributed by atoms with Crippen molar-refractivity contribution < 1.29 is 28.6 Å². The van der Waals surface area contributed by atoms with Gasteiger partial charge in [0.2, 0.25) is 5.95 Å². The Morgan fingerprint density at radius 3 is 2.63 bits per heavy atom. The van der Waals surface area contributed by atoms with Crippen molar-refractivity contribution in [3.8, 4) is 17.0 Å². The molecule has 0 aromatic carbocycles. The van der Waals surface area contributed by atoms with Crippen LogP contribution in [0.3, 0.4) is 0 Å². The highest BCUT2D eigenvalue weighted by Gasteiger charge is 2.29. The van der Waals surface area contributed by atoms with Crippen LogP contribution in [0.25, 0.3) is 11.3 Å². The first kappa shape index (κ1) is 24.9. The smallest absolute Gasteiger partial charge is 0.410 e. The van der Waals surface area contributed by atoms with Gasteiger partial charge in [0.05, 0.1) is 34.7 Å². The molecule has 2 heterocycles. The molecule has 10 heteroatoms. The Kier molecular flexibility index (Phi) is 7.57. The predicted octanol–water partition coefficient (Wildman–Crippen LogP) is 4.46. The monoisotopic (exact) mass is 488 g/mol. The van der Waals surface area contributed by atoms with E-state index in [0.29, 0.717) is 35.7 Å². The molecule has 0 aliphatic heterocycles. The molecule has 2 aromatic heterocycles. The Bertz CT molecular complexity index is 1080. The largest absolute Gasteiger partial charge is 0.489 e. The van der Waals surface area contributed by atoms with E-state index in [1.807, 2.05) is 0 Å². The number of carbonyl (C=O) groups excluding carboxylic acids is 1. The Labute approximate surface area is 204 Å². The van der Waals surface area contributed by atoms with Gasteiger partial charge < -0.3 is 19.5 Å². The topological polar surface area (TPSA) is 107 Å². The van der Waals surface area contributed by atoms with E-state index in [2.05, 4.69) is 10.1 Å². The van der Waals surface area contributed by atoms with Crippen molar-refractivity contribution in [2.24, 2.45) is 13.0 Å². The van der Waals surface area contributed by atoms with E-state index < -0.39 is 23.9 Å². The summed E-state index contributed by atoms with van der Waals surface area (Å²) in [6, 6.07) is 3.55. The van der Waals surface area contributed by atoms with Crippen LogP contribution < -0.4 is 4.74 Å². The van der Waals surface area contributed by atoms with Crippen LogP contribution in [0.5, 0.6) is 5.75 Å². The molecule has 35 heavy (non-hydrogen) atoms. The second-order valence-electron chi connectivity index (χ2n) is 9.56. The molecule has 2 fully saturated rings. The van der Waals surface area contributed by atoms with Crippen molar-refractivity contribution in [3.63, 3.8) is 0 Å². The fraction of sp³-hybridized carbons (Fsp3) is 0.600. The molecule has 0 radical (unpaired) electrons. The summed E-state index contributed by atoms with van der Waals surface area (Å²) >= 11 is 0. The van der Waals surface area contributed by atoms with Gasteiger partial charge in [0.1, 0.15) is 12.4 Å². The maximum absolute atomic E-state index is 14.8. The molecule has 1 amide bonds. The summed E-state index contributed by atoms with van der Waals surface area (Å²) in [6.07, 6.45) is 6.20. The number of rotatable bonds is 7. The number of nitrogens with zero attached hydrogens (tertiary/aromatic N) is 4. The summed E-state index contributed by atoms with van der Waals surface area (Å²) in [7, 11) is 3.33. The molecule has 0 saturated heterocycles. The summed E-state index contributed by atoms with van der Waals surface area (Å²) < 4.78 is 27.7. The van der Waals surface area contributed by atoms with Crippen LogP contribution in [-0.4, -0.2) is 56.0 Å². The third-order valence-corrected chi connectivity index (χ3v) is 7.18. The lowest BCUT2D eigenvalue weighted by Gasteiger charge is -2.27. The molecule has 9 nitrogen and oxygen atoms in total. The molecule has 0 bridgehead atoms. The van der Waals surface area contributed by atoms with Crippen LogP contribution in [0.4, 0.5) is 9.18 Å². The molecule has 1 N–H and O–H groups in total. The molecule has 0 spiro atoms. The number of aliphatic carboxylic acids is 1. The first-order valence-corrected chi connectivity index (χ1v) is 12.2. The summed E-state index contributed by atoms with van der Waals surface area (Å²) in [5, 5.41) is 13.2.